The molecule has 9 heteroatoms. The van der Waals surface area contributed by atoms with Crippen LogP contribution in [0.1, 0.15) is 43.7 Å². The molecule has 2 N–H and O–H groups in total. The van der Waals surface area contributed by atoms with Crippen molar-refractivity contribution in [1.29, 1.82) is 0 Å². The van der Waals surface area contributed by atoms with Crippen molar-refractivity contribution in [3.05, 3.63) is 77.6 Å². The number of aromatic amines is 1. The summed E-state index contributed by atoms with van der Waals surface area (Å²) in [4.78, 5) is 50.8. The van der Waals surface area contributed by atoms with Crippen LogP contribution < -0.4 is 16.6 Å². The fourth-order valence-corrected chi connectivity index (χ4v) is 4.25. The van der Waals surface area contributed by atoms with Crippen LogP contribution in [0, 0.1) is 15.5 Å². The summed E-state index contributed by atoms with van der Waals surface area (Å²) in [6, 6.07) is 5.82. The van der Waals surface area contributed by atoms with E-state index in [1.165, 1.54) is 16.7 Å². The molecule has 0 radical (unpaired) electrons. The molecule has 1 aromatic heterocycles. The Kier molecular flexibility index (Phi) is 4.07. The van der Waals surface area contributed by atoms with E-state index in [-0.39, 0.29) is 22.4 Å². The van der Waals surface area contributed by atoms with Crippen molar-refractivity contribution in [1.82, 2.24) is 9.55 Å². The van der Waals surface area contributed by atoms with Gasteiger partial charge in [0.15, 0.2) is 5.78 Å². The van der Waals surface area contributed by atoms with Gasteiger partial charge in [-0.1, -0.05) is 26.0 Å². The zero-order chi connectivity index (χ0) is 21.1. The van der Waals surface area contributed by atoms with Crippen LogP contribution >= 0.6 is 0 Å². The van der Waals surface area contributed by atoms with Gasteiger partial charge in [-0.25, -0.2) is 4.79 Å². The second-order valence-corrected chi connectivity index (χ2v) is 8.32. The summed E-state index contributed by atoms with van der Waals surface area (Å²) >= 11 is 0. The number of H-pyrrole nitrogens is 1. The van der Waals surface area contributed by atoms with E-state index < -0.39 is 22.1 Å². The third-order valence-corrected chi connectivity index (χ3v) is 5.56. The number of aromatic nitrogens is 2. The molecule has 0 unspecified atom stereocenters. The van der Waals surface area contributed by atoms with Gasteiger partial charge in [0.2, 0.25) is 0 Å². The van der Waals surface area contributed by atoms with Crippen LogP contribution in [0.5, 0.6) is 0 Å². The maximum absolute atomic E-state index is 13.1. The minimum Gasteiger partial charge on any atom is -0.344 e. The Hall–Kier alpha value is -3.49. The number of carbonyl (C=O) groups excluding carboxylic acids is 1. The standard InChI is InChI=1S/C20H20N4O5/c1-20(2)8-12-15(13(25)9-20)14(10-4-6-11(7-5-10)24(28)29)16-17(21-12)23(3)19(27)22-18(16)26/h4-7,14,21H,8-9H2,1-3H3,(H,22,26,27)/t14-/m0/s1. The monoisotopic (exact) mass is 396 g/mol. The van der Waals surface area contributed by atoms with Gasteiger partial charge in [0.05, 0.1) is 10.5 Å². The molecule has 0 fully saturated rings. The normalized spacial score (nSPS) is 20.0. The fraction of sp³-hybridized carbons (Fsp3) is 0.350. The van der Waals surface area contributed by atoms with Gasteiger partial charge in [-0.3, -0.25) is 29.3 Å². The molecule has 0 saturated carbocycles. The van der Waals surface area contributed by atoms with Crippen LogP contribution in [0.15, 0.2) is 45.1 Å². The zero-order valence-electron chi connectivity index (χ0n) is 16.2. The average Bonchev–Trinajstić information content (AvgIpc) is 2.63. The summed E-state index contributed by atoms with van der Waals surface area (Å²) in [6.45, 7) is 3.98. The number of nitro benzene ring substituents is 1. The summed E-state index contributed by atoms with van der Waals surface area (Å²) in [5.41, 5.74) is 0.522. The molecule has 29 heavy (non-hydrogen) atoms. The van der Waals surface area contributed by atoms with E-state index >= 15 is 0 Å². The van der Waals surface area contributed by atoms with Crippen molar-refractivity contribution in [2.24, 2.45) is 12.5 Å². The molecule has 4 rings (SSSR count). The highest BCUT2D eigenvalue weighted by Gasteiger charge is 2.42. The Morgan fingerprint density at radius 2 is 1.79 bits per heavy atom. The van der Waals surface area contributed by atoms with Crippen LogP contribution in [0.2, 0.25) is 0 Å². The number of benzene rings is 1. The number of nitro groups is 1. The quantitative estimate of drug-likeness (QED) is 0.592. The van der Waals surface area contributed by atoms with Gasteiger partial charge in [-0.15, -0.1) is 0 Å². The van der Waals surface area contributed by atoms with E-state index in [0.29, 0.717) is 35.5 Å². The van der Waals surface area contributed by atoms with Gasteiger partial charge in [0.1, 0.15) is 5.82 Å². The van der Waals surface area contributed by atoms with E-state index in [1.807, 2.05) is 13.8 Å². The summed E-state index contributed by atoms with van der Waals surface area (Å²) in [5.74, 6) is -0.446. The van der Waals surface area contributed by atoms with Crippen LogP contribution in [-0.4, -0.2) is 20.3 Å². The van der Waals surface area contributed by atoms with Gasteiger partial charge in [0.25, 0.3) is 11.2 Å². The van der Waals surface area contributed by atoms with Crippen molar-refractivity contribution in [2.45, 2.75) is 32.6 Å². The first-order valence-electron chi connectivity index (χ1n) is 9.20. The molecule has 1 aromatic carbocycles. The lowest BCUT2D eigenvalue weighted by molar-refractivity contribution is -0.384. The Morgan fingerprint density at radius 3 is 2.41 bits per heavy atom. The molecule has 2 aromatic rings. The second kappa shape index (κ2) is 6.26. The topological polar surface area (TPSA) is 127 Å². The van der Waals surface area contributed by atoms with Crippen molar-refractivity contribution < 1.29 is 9.72 Å². The Bertz CT molecular complexity index is 1200. The summed E-state index contributed by atoms with van der Waals surface area (Å²) < 4.78 is 1.31. The number of non-ortho nitro benzene ring substituents is 1. The number of Topliss-reactive ketones (excluding diaryl/α,β-unsaturated/α-hetero) is 1. The van der Waals surface area contributed by atoms with E-state index in [0.717, 1.165) is 0 Å². The lowest BCUT2D eigenvalue weighted by atomic mass is 9.69. The first-order valence-corrected chi connectivity index (χ1v) is 9.20. The summed E-state index contributed by atoms with van der Waals surface area (Å²) in [5, 5.41) is 14.2. The minimum absolute atomic E-state index is 0.0778. The minimum atomic E-state index is -0.707. The Balaban J connectivity index is 2.00. The third kappa shape index (κ3) is 2.98. The molecular weight excluding hydrogens is 376 g/mol. The first kappa shape index (κ1) is 18.9. The number of hydrogen-bond donors (Lipinski definition) is 2. The number of allylic oxidation sites excluding steroid dienone is 2. The highest BCUT2D eigenvalue weighted by Crippen LogP contribution is 2.47. The number of carbonyl (C=O) groups is 1. The van der Waals surface area contributed by atoms with Crippen molar-refractivity contribution in [3.63, 3.8) is 0 Å². The predicted molar refractivity (Wildman–Crippen MR) is 106 cm³/mol. The lowest BCUT2D eigenvalue weighted by Crippen LogP contribution is -2.41. The molecular formula is C20H20N4O5. The largest absolute Gasteiger partial charge is 0.344 e. The molecule has 0 saturated heterocycles. The molecule has 9 nitrogen and oxygen atoms in total. The number of ketones is 1. The van der Waals surface area contributed by atoms with E-state index in [1.54, 1.807) is 19.2 Å². The molecule has 2 aliphatic rings. The number of nitrogens with zero attached hydrogens (tertiary/aromatic N) is 2. The number of fused-ring (bicyclic) bond motifs is 1. The third-order valence-electron chi connectivity index (χ3n) is 5.56. The number of hydrogen-bond acceptors (Lipinski definition) is 6. The maximum atomic E-state index is 13.1. The number of rotatable bonds is 2. The Labute approximate surface area is 165 Å². The van der Waals surface area contributed by atoms with Crippen LogP contribution in [0.4, 0.5) is 11.5 Å². The summed E-state index contributed by atoms with van der Waals surface area (Å²) in [6.07, 6.45) is 0.911. The molecule has 1 aliphatic carbocycles. The zero-order valence-corrected chi connectivity index (χ0v) is 16.2. The van der Waals surface area contributed by atoms with Gasteiger partial charge in [-0.2, -0.15) is 0 Å². The van der Waals surface area contributed by atoms with Gasteiger partial charge < -0.3 is 5.32 Å². The average molecular weight is 396 g/mol. The SMILES string of the molecule is Cn1c2c(c(=O)[nH]c1=O)[C@@H](c1ccc([N+](=O)[O-])cc1)C1=C(CC(C)(C)CC1=O)N2. The van der Waals surface area contributed by atoms with Crippen molar-refractivity contribution in [2.75, 3.05) is 5.32 Å². The Morgan fingerprint density at radius 1 is 1.14 bits per heavy atom. The van der Waals surface area contributed by atoms with Crippen LogP contribution in [0.25, 0.3) is 0 Å². The second-order valence-electron chi connectivity index (χ2n) is 8.32. The van der Waals surface area contributed by atoms with Crippen molar-refractivity contribution in [3.8, 4) is 0 Å². The van der Waals surface area contributed by atoms with E-state index in [2.05, 4.69) is 10.3 Å². The highest BCUT2D eigenvalue weighted by molar-refractivity contribution is 6.01. The molecule has 150 valence electrons. The number of anilines is 1. The highest BCUT2D eigenvalue weighted by atomic mass is 16.6. The molecule has 1 atom stereocenters. The molecule has 0 bridgehead atoms. The van der Waals surface area contributed by atoms with Gasteiger partial charge in [-0.05, 0) is 17.4 Å². The van der Waals surface area contributed by atoms with E-state index in [9.17, 15) is 24.5 Å². The van der Waals surface area contributed by atoms with Crippen molar-refractivity contribution >= 4 is 17.3 Å². The van der Waals surface area contributed by atoms with Crippen LogP contribution in [-0.2, 0) is 11.8 Å². The first-order chi connectivity index (χ1) is 13.6. The maximum Gasteiger partial charge on any atom is 0.329 e. The predicted octanol–water partition coefficient (Wildman–Crippen LogP) is 2.18. The molecule has 2 heterocycles. The van der Waals surface area contributed by atoms with E-state index in [4.69, 9.17) is 0 Å². The van der Waals surface area contributed by atoms with Gasteiger partial charge >= 0.3 is 5.69 Å². The molecule has 1 aliphatic heterocycles. The van der Waals surface area contributed by atoms with Gasteiger partial charge in [0, 0.05) is 42.8 Å². The lowest BCUT2D eigenvalue weighted by Gasteiger charge is -2.39. The fourth-order valence-electron chi connectivity index (χ4n) is 4.25. The number of nitrogens with one attached hydrogen (secondary N) is 2. The molecule has 0 amide bonds. The smallest absolute Gasteiger partial charge is 0.329 e. The summed E-state index contributed by atoms with van der Waals surface area (Å²) in [7, 11) is 1.54. The van der Waals surface area contributed by atoms with Crippen LogP contribution in [0.3, 0.4) is 0 Å². The molecule has 0 spiro atoms.